The van der Waals surface area contributed by atoms with Crippen molar-refractivity contribution >= 4 is 21.9 Å². The van der Waals surface area contributed by atoms with Crippen LogP contribution in [-0.2, 0) is 15.0 Å². The van der Waals surface area contributed by atoms with Crippen molar-refractivity contribution in [3.8, 4) is 0 Å². The number of piperazine rings is 1. The van der Waals surface area contributed by atoms with Gasteiger partial charge in [0.25, 0.3) is 10.2 Å². The molecule has 0 aromatic carbocycles. The van der Waals surface area contributed by atoms with Gasteiger partial charge in [0, 0.05) is 46.3 Å². The number of nitrogens with one attached hydrogen (secondary N) is 1. The molecule has 136 valence electrons. The third kappa shape index (κ3) is 4.12. The number of anilines is 1. The van der Waals surface area contributed by atoms with Crippen LogP contribution in [0.2, 0.25) is 0 Å². The lowest BCUT2D eigenvalue weighted by molar-refractivity contribution is -0.121. The van der Waals surface area contributed by atoms with Crippen molar-refractivity contribution in [3.63, 3.8) is 0 Å². The van der Waals surface area contributed by atoms with Crippen molar-refractivity contribution in [2.45, 2.75) is 26.3 Å². The van der Waals surface area contributed by atoms with E-state index in [1.54, 1.807) is 13.0 Å². The summed E-state index contributed by atoms with van der Waals surface area (Å²) in [5.74, 6) is 0.861. The Hall–Kier alpha value is -1.49. The number of nitrogens with zero attached hydrogens (tertiary/aromatic N) is 4. The molecule has 1 fully saturated rings. The van der Waals surface area contributed by atoms with Crippen LogP contribution in [0, 0.1) is 6.92 Å². The monoisotopic (exact) mass is 359 g/mol. The third-order valence-electron chi connectivity index (χ3n) is 4.07. The van der Waals surface area contributed by atoms with Crippen molar-refractivity contribution in [1.29, 1.82) is 0 Å². The highest BCUT2D eigenvalue weighted by Gasteiger charge is 2.33. The van der Waals surface area contributed by atoms with Crippen molar-refractivity contribution in [2.24, 2.45) is 0 Å². The first-order valence-electron chi connectivity index (χ1n) is 7.91. The van der Waals surface area contributed by atoms with Crippen molar-refractivity contribution in [3.05, 3.63) is 11.8 Å². The van der Waals surface area contributed by atoms with Crippen molar-refractivity contribution < 1.29 is 17.7 Å². The topological polar surface area (TPSA) is 99.0 Å². The highest BCUT2D eigenvalue weighted by atomic mass is 32.2. The summed E-state index contributed by atoms with van der Waals surface area (Å²) in [6.07, 6.45) is 0.628. The Morgan fingerprint density at radius 3 is 2.46 bits per heavy atom. The van der Waals surface area contributed by atoms with Gasteiger partial charge in [-0.3, -0.25) is 9.69 Å². The molecule has 10 heteroatoms. The molecule has 0 bridgehead atoms. The molecule has 1 atom stereocenters. The Morgan fingerprint density at radius 2 is 2.00 bits per heavy atom. The number of rotatable bonds is 6. The zero-order valence-corrected chi connectivity index (χ0v) is 15.3. The summed E-state index contributed by atoms with van der Waals surface area (Å²) in [5.41, 5.74) is 0. The Bertz CT molecular complexity index is 664. The van der Waals surface area contributed by atoms with E-state index in [0.717, 1.165) is 0 Å². The predicted octanol–water partition coefficient (Wildman–Crippen LogP) is 0.124. The van der Waals surface area contributed by atoms with Crippen LogP contribution in [0.5, 0.6) is 0 Å². The highest BCUT2D eigenvalue weighted by Crippen LogP contribution is 2.15. The molecule has 1 aliphatic rings. The molecule has 2 rings (SSSR count). The van der Waals surface area contributed by atoms with Gasteiger partial charge in [0.15, 0.2) is 5.82 Å². The number of aryl methyl sites for hydroxylation is 1. The number of hydrogen-bond acceptors (Lipinski definition) is 6. The van der Waals surface area contributed by atoms with Crippen LogP contribution < -0.4 is 5.32 Å². The summed E-state index contributed by atoms with van der Waals surface area (Å²) in [4.78, 5) is 14.5. The fraction of sp³-hybridized carbons (Fsp3) is 0.714. The molecule has 1 amide bonds. The van der Waals surface area contributed by atoms with E-state index in [9.17, 15) is 13.2 Å². The molecule has 0 saturated carbocycles. The van der Waals surface area contributed by atoms with Crippen LogP contribution in [0.3, 0.4) is 0 Å². The van der Waals surface area contributed by atoms with Gasteiger partial charge in [0.1, 0.15) is 5.76 Å². The maximum atomic E-state index is 12.5. The average molecular weight is 359 g/mol. The highest BCUT2D eigenvalue weighted by molar-refractivity contribution is 7.86. The minimum absolute atomic E-state index is 0.158. The van der Waals surface area contributed by atoms with Crippen LogP contribution in [0.4, 0.5) is 5.82 Å². The van der Waals surface area contributed by atoms with Crippen molar-refractivity contribution in [2.75, 3.05) is 45.6 Å². The number of hydrogen-bond donors (Lipinski definition) is 1. The first-order valence-corrected chi connectivity index (χ1v) is 9.31. The minimum atomic E-state index is -3.40. The zero-order valence-electron chi connectivity index (χ0n) is 14.5. The second-order valence-electron chi connectivity index (χ2n) is 5.96. The molecule has 9 nitrogen and oxygen atoms in total. The number of carbonyl (C=O) groups excluding carboxylic acids is 1. The normalized spacial score (nSPS) is 18.7. The quantitative estimate of drug-likeness (QED) is 0.775. The Labute approximate surface area is 142 Å². The molecule has 0 radical (unpaired) electrons. The lowest BCUT2D eigenvalue weighted by Crippen LogP contribution is -2.56. The first-order chi connectivity index (χ1) is 11.3. The SMILES string of the molecule is CCC(C(=O)Nc1cc(C)on1)N1CCN(S(=O)(=O)N(C)C)CC1. The molecule has 1 aromatic heterocycles. The van der Waals surface area contributed by atoms with E-state index in [1.807, 2.05) is 11.8 Å². The molecule has 1 saturated heterocycles. The van der Waals surface area contributed by atoms with E-state index >= 15 is 0 Å². The van der Waals surface area contributed by atoms with Gasteiger partial charge in [0.2, 0.25) is 5.91 Å². The lowest BCUT2D eigenvalue weighted by Gasteiger charge is -2.38. The Morgan fingerprint density at radius 1 is 1.38 bits per heavy atom. The van der Waals surface area contributed by atoms with Gasteiger partial charge in [-0.25, -0.2) is 0 Å². The summed E-state index contributed by atoms with van der Waals surface area (Å²) in [7, 11) is -0.369. The van der Waals surface area contributed by atoms with E-state index in [-0.39, 0.29) is 11.9 Å². The summed E-state index contributed by atoms with van der Waals surface area (Å²) < 4.78 is 31.9. The summed E-state index contributed by atoms with van der Waals surface area (Å²) in [6.45, 7) is 5.44. The van der Waals surface area contributed by atoms with Crippen molar-refractivity contribution in [1.82, 2.24) is 18.7 Å². The molecule has 1 N–H and O–H groups in total. The van der Waals surface area contributed by atoms with E-state index in [1.165, 1.54) is 22.7 Å². The van der Waals surface area contributed by atoms with Gasteiger partial charge in [-0.2, -0.15) is 17.0 Å². The molecule has 0 aliphatic carbocycles. The first kappa shape index (κ1) is 18.8. The zero-order chi connectivity index (χ0) is 17.9. The average Bonchev–Trinajstić information content (AvgIpc) is 2.93. The van der Waals surface area contributed by atoms with Crippen LogP contribution in [0.1, 0.15) is 19.1 Å². The van der Waals surface area contributed by atoms with Crippen LogP contribution >= 0.6 is 0 Å². The van der Waals surface area contributed by atoms with Gasteiger partial charge >= 0.3 is 0 Å². The van der Waals surface area contributed by atoms with E-state index in [2.05, 4.69) is 10.5 Å². The van der Waals surface area contributed by atoms with Crippen LogP contribution in [0.15, 0.2) is 10.6 Å². The smallest absolute Gasteiger partial charge is 0.281 e. The summed E-state index contributed by atoms with van der Waals surface area (Å²) in [6, 6.07) is 1.33. The molecule has 1 aromatic rings. The summed E-state index contributed by atoms with van der Waals surface area (Å²) >= 11 is 0. The third-order valence-corrected chi connectivity index (χ3v) is 6.01. The molecule has 0 spiro atoms. The van der Waals surface area contributed by atoms with Gasteiger partial charge in [-0.15, -0.1) is 0 Å². The van der Waals surface area contributed by atoms with E-state index in [0.29, 0.717) is 44.2 Å². The molecular weight excluding hydrogens is 334 g/mol. The van der Waals surface area contributed by atoms with Gasteiger partial charge in [-0.05, 0) is 13.3 Å². The Kier molecular flexibility index (Phi) is 5.97. The van der Waals surface area contributed by atoms with E-state index < -0.39 is 10.2 Å². The van der Waals surface area contributed by atoms with Gasteiger partial charge < -0.3 is 9.84 Å². The molecule has 24 heavy (non-hydrogen) atoms. The Balaban J connectivity index is 1.96. The summed E-state index contributed by atoms with van der Waals surface area (Å²) in [5, 5.41) is 6.51. The number of amides is 1. The second-order valence-corrected chi connectivity index (χ2v) is 8.10. The predicted molar refractivity (Wildman–Crippen MR) is 89.7 cm³/mol. The van der Waals surface area contributed by atoms with Crippen LogP contribution in [0.25, 0.3) is 0 Å². The maximum Gasteiger partial charge on any atom is 0.281 e. The number of carbonyl (C=O) groups is 1. The standard InChI is InChI=1S/C14H25N5O4S/c1-5-12(14(20)15-13-10-11(2)23-16-13)18-6-8-19(9-7-18)24(21,22)17(3)4/h10,12H,5-9H2,1-4H3,(H,15,16,20). The molecule has 1 unspecified atom stereocenters. The molecule has 1 aliphatic heterocycles. The second kappa shape index (κ2) is 7.60. The fourth-order valence-electron chi connectivity index (χ4n) is 2.72. The van der Waals surface area contributed by atoms with Crippen LogP contribution in [-0.4, -0.2) is 79.3 Å². The molecular formula is C14H25N5O4S. The largest absolute Gasteiger partial charge is 0.360 e. The number of aromatic nitrogens is 1. The van der Waals surface area contributed by atoms with Gasteiger partial charge in [-0.1, -0.05) is 12.1 Å². The van der Waals surface area contributed by atoms with E-state index in [4.69, 9.17) is 4.52 Å². The fourth-order valence-corrected chi connectivity index (χ4v) is 3.81. The van der Waals surface area contributed by atoms with Gasteiger partial charge in [0.05, 0.1) is 6.04 Å². The maximum absolute atomic E-state index is 12.5. The minimum Gasteiger partial charge on any atom is -0.360 e. The molecule has 2 heterocycles. The lowest BCUT2D eigenvalue weighted by atomic mass is 10.1.